The van der Waals surface area contributed by atoms with Crippen molar-refractivity contribution in [1.82, 2.24) is 14.9 Å². The number of halogens is 1. The maximum absolute atomic E-state index is 13.0. The predicted octanol–water partition coefficient (Wildman–Crippen LogP) is 4.87. The van der Waals surface area contributed by atoms with Gasteiger partial charge in [0.1, 0.15) is 12.4 Å². The van der Waals surface area contributed by atoms with E-state index in [1.54, 1.807) is 42.5 Å². The van der Waals surface area contributed by atoms with Crippen LogP contribution in [0.3, 0.4) is 0 Å². The van der Waals surface area contributed by atoms with Crippen LogP contribution in [0.15, 0.2) is 89.7 Å². The van der Waals surface area contributed by atoms with Crippen LogP contribution in [0.25, 0.3) is 0 Å². The molecule has 0 saturated carbocycles. The van der Waals surface area contributed by atoms with Crippen molar-refractivity contribution in [3.8, 4) is 5.75 Å². The highest BCUT2D eigenvalue weighted by Gasteiger charge is 2.35. The molecule has 1 N–H and O–H groups in total. The summed E-state index contributed by atoms with van der Waals surface area (Å²) in [4.78, 5) is 48.0. The van der Waals surface area contributed by atoms with Crippen LogP contribution < -0.4 is 10.1 Å². The lowest BCUT2D eigenvalue weighted by molar-refractivity contribution is 0.0642. The quantitative estimate of drug-likeness (QED) is 0.334. The Morgan fingerprint density at radius 1 is 0.889 bits per heavy atom. The van der Waals surface area contributed by atoms with Crippen molar-refractivity contribution in [3.05, 3.63) is 118 Å². The van der Waals surface area contributed by atoms with Gasteiger partial charge in [0.2, 0.25) is 0 Å². The summed E-state index contributed by atoms with van der Waals surface area (Å²) in [7, 11) is 0. The maximum Gasteiger partial charge on any atom is 0.279 e. The molecule has 1 aliphatic heterocycles. The predicted molar refractivity (Wildman–Crippen MR) is 136 cm³/mol. The highest BCUT2D eigenvalue weighted by atomic mass is 79.9. The molecule has 4 aromatic rings. The average molecular weight is 543 g/mol. The fraction of sp³-hybridized carbons (Fsp3) is 0.0741. The zero-order valence-electron chi connectivity index (χ0n) is 18.8. The molecule has 178 valence electrons. The Kier molecular flexibility index (Phi) is 6.55. The van der Waals surface area contributed by atoms with Crippen molar-refractivity contribution in [2.75, 3.05) is 5.32 Å². The lowest BCUT2D eigenvalue weighted by Crippen LogP contribution is -2.29. The molecule has 0 unspecified atom stereocenters. The van der Waals surface area contributed by atoms with E-state index in [0.29, 0.717) is 26.9 Å². The Morgan fingerprint density at radius 2 is 1.58 bits per heavy atom. The maximum atomic E-state index is 13.0. The molecular weight excluding hydrogens is 524 g/mol. The van der Waals surface area contributed by atoms with E-state index in [2.05, 4.69) is 31.2 Å². The molecule has 1 aliphatic rings. The molecule has 3 amide bonds. The summed E-state index contributed by atoms with van der Waals surface area (Å²) in [6.45, 7) is 0.326. The molecule has 2 aromatic heterocycles. The summed E-state index contributed by atoms with van der Waals surface area (Å²) in [6, 6.07) is 21.3. The molecule has 0 aliphatic carbocycles. The van der Waals surface area contributed by atoms with E-state index in [4.69, 9.17) is 4.74 Å². The van der Waals surface area contributed by atoms with Crippen LogP contribution in [0.5, 0.6) is 5.75 Å². The van der Waals surface area contributed by atoms with Crippen molar-refractivity contribution in [3.63, 3.8) is 0 Å². The minimum atomic E-state index is -0.504. The molecule has 0 fully saturated rings. The Hall–Kier alpha value is -4.37. The average Bonchev–Trinajstić information content (AvgIpc) is 3.13. The van der Waals surface area contributed by atoms with E-state index in [1.165, 1.54) is 17.3 Å². The van der Waals surface area contributed by atoms with Crippen LogP contribution in [0.2, 0.25) is 0 Å². The molecule has 0 spiro atoms. The first kappa shape index (κ1) is 23.4. The van der Waals surface area contributed by atoms with Crippen molar-refractivity contribution in [2.24, 2.45) is 0 Å². The molecule has 36 heavy (non-hydrogen) atoms. The second kappa shape index (κ2) is 10.1. The topological polar surface area (TPSA) is 101 Å². The molecule has 0 bridgehead atoms. The Morgan fingerprint density at radius 3 is 2.31 bits per heavy atom. The summed E-state index contributed by atoms with van der Waals surface area (Å²) in [5, 5.41) is 2.72. The lowest BCUT2D eigenvalue weighted by atomic mass is 10.1. The number of carbonyl (C=O) groups excluding carboxylic acids is 3. The number of ether oxygens (including phenoxy) is 1. The van der Waals surface area contributed by atoms with Crippen LogP contribution in [0, 0.1) is 0 Å². The SMILES string of the molecule is O=C(Nc1cc(CN2C(=O)c3ccccc3C2=O)ccn1)c1ncc(Br)cc1OCc1ccccc1. The van der Waals surface area contributed by atoms with Gasteiger partial charge in [-0.1, -0.05) is 42.5 Å². The molecular formula is C27H19BrN4O4. The first-order valence-corrected chi connectivity index (χ1v) is 11.8. The summed E-state index contributed by atoms with van der Waals surface area (Å²) >= 11 is 3.36. The van der Waals surface area contributed by atoms with Gasteiger partial charge in [-0.3, -0.25) is 19.3 Å². The highest BCUT2D eigenvalue weighted by Crippen LogP contribution is 2.26. The summed E-state index contributed by atoms with van der Waals surface area (Å²) < 4.78 is 6.54. The van der Waals surface area contributed by atoms with Gasteiger partial charge in [-0.05, 0) is 57.4 Å². The summed E-state index contributed by atoms with van der Waals surface area (Å²) in [5.74, 6) is -0.633. The number of amides is 3. The molecule has 8 nitrogen and oxygen atoms in total. The van der Waals surface area contributed by atoms with E-state index in [-0.39, 0.29) is 36.5 Å². The van der Waals surface area contributed by atoms with Gasteiger partial charge in [-0.25, -0.2) is 9.97 Å². The first-order chi connectivity index (χ1) is 17.5. The number of rotatable bonds is 7. The van der Waals surface area contributed by atoms with Crippen LogP contribution in [0.4, 0.5) is 5.82 Å². The van der Waals surface area contributed by atoms with Crippen LogP contribution in [-0.4, -0.2) is 32.6 Å². The van der Waals surface area contributed by atoms with Crippen molar-refractivity contribution in [1.29, 1.82) is 0 Å². The Labute approximate surface area is 215 Å². The third-order valence-electron chi connectivity index (χ3n) is 5.56. The monoisotopic (exact) mass is 542 g/mol. The van der Waals surface area contributed by atoms with Crippen LogP contribution in [0.1, 0.15) is 42.3 Å². The third-order valence-corrected chi connectivity index (χ3v) is 5.99. The Bertz CT molecular complexity index is 1440. The van der Waals surface area contributed by atoms with E-state index in [1.807, 2.05) is 30.3 Å². The first-order valence-electron chi connectivity index (χ1n) is 11.0. The molecule has 3 heterocycles. The van der Waals surface area contributed by atoms with Crippen molar-refractivity contribution >= 4 is 39.5 Å². The van der Waals surface area contributed by atoms with Gasteiger partial charge < -0.3 is 10.1 Å². The zero-order chi connectivity index (χ0) is 25.1. The second-order valence-electron chi connectivity index (χ2n) is 8.02. The highest BCUT2D eigenvalue weighted by molar-refractivity contribution is 9.10. The van der Waals surface area contributed by atoms with Gasteiger partial charge in [0.25, 0.3) is 17.7 Å². The minimum Gasteiger partial charge on any atom is -0.486 e. The normalized spacial score (nSPS) is 12.4. The standard InChI is InChI=1S/C27H19BrN4O4/c28-19-13-22(36-16-17-6-2-1-3-7-17)24(30-14-19)25(33)31-23-12-18(10-11-29-23)15-32-26(34)20-8-4-5-9-21(20)27(32)35/h1-14H,15-16H2,(H,29,31,33). The van der Waals surface area contributed by atoms with E-state index in [0.717, 1.165) is 5.56 Å². The number of imide groups is 1. The lowest BCUT2D eigenvalue weighted by Gasteiger charge is -2.15. The van der Waals surface area contributed by atoms with Crippen molar-refractivity contribution in [2.45, 2.75) is 13.2 Å². The molecule has 2 aromatic carbocycles. The van der Waals surface area contributed by atoms with E-state index < -0.39 is 5.91 Å². The number of nitrogens with one attached hydrogen (secondary N) is 1. The van der Waals surface area contributed by atoms with Gasteiger partial charge in [-0.2, -0.15) is 0 Å². The molecule has 0 radical (unpaired) electrons. The minimum absolute atomic E-state index is 0.0553. The van der Waals surface area contributed by atoms with Gasteiger partial charge in [0.05, 0.1) is 17.7 Å². The van der Waals surface area contributed by atoms with Gasteiger partial charge in [0.15, 0.2) is 11.4 Å². The fourth-order valence-electron chi connectivity index (χ4n) is 3.82. The number of pyridine rings is 2. The number of hydrogen-bond donors (Lipinski definition) is 1. The number of anilines is 1. The number of aromatic nitrogens is 2. The fourth-order valence-corrected chi connectivity index (χ4v) is 4.13. The number of nitrogens with zero attached hydrogens (tertiary/aromatic N) is 3. The number of benzene rings is 2. The number of fused-ring (bicyclic) bond motifs is 1. The third kappa shape index (κ3) is 4.87. The molecule has 9 heteroatoms. The summed E-state index contributed by atoms with van der Waals surface area (Å²) in [5.41, 5.74) is 2.45. The van der Waals surface area contributed by atoms with Crippen molar-refractivity contribution < 1.29 is 19.1 Å². The molecule has 5 rings (SSSR count). The molecule has 0 atom stereocenters. The van der Waals surface area contributed by atoms with E-state index in [9.17, 15) is 14.4 Å². The van der Waals surface area contributed by atoms with Gasteiger partial charge in [-0.15, -0.1) is 0 Å². The van der Waals surface area contributed by atoms with Crippen LogP contribution in [-0.2, 0) is 13.2 Å². The van der Waals surface area contributed by atoms with Gasteiger partial charge >= 0.3 is 0 Å². The largest absolute Gasteiger partial charge is 0.486 e. The Balaban J connectivity index is 1.31. The number of carbonyl (C=O) groups is 3. The van der Waals surface area contributed by atoms with Gasteiger partial charge in [0, 0.05) is 16.9 Å². The number of hydrogen-bond acceptors (Lipinski definition) is 6. The van der Waals surface area contributed by atoms with E-state index >= 15 is 0 Å². The second-order valence-corrected chi connectivity index (χ2v) is 8.94. The molecule has 0 saturated heterocycles. The van der Waals surface area contributed by atoms with Crippen LogP contribution >= 0.6 is 15.9 Å². The summed E-state index contributed by atoms with van der Waals surface area (Å²) in [6.07, 6.45) is 3.02. The zero-order valence-corrected chi connectivity index (χ0v) is 20.4. The smallest absolute Gasteiger partial charge is 0.279 e.